The van der Waals surface area contributed by atoms with Gasteiger partial charge in [-0.25, -0.2) is 9.78 Å². The Morgan fingerprint density at radius 3 is 2.81 bits per heavy atom. The molecule has 1 aromatic heterocycles. The quantitative estimate of drug-likeness (QED) is 0.711. The third-order valence-corrected chi connectivity index (χ3v) is 4.27. The van der Waals surface area contributed by atoms with Crippen molar-refractivity contribution in [3.63, 3.8) is 0 Å². The van der Waals surface area contributed by atoms with E-state index in [1.807, 2.05) is 29.6 Å². The van der Waals surface area contributed by atoms with Gasteiger partial charge in [-0.05, 0) is 29.8 Å². The largest absolute Gasteiger partial charge is 0.454 e. The molecule has 0 saturated carbocycles. The van der Waals surface area contributed by atoms with Crippen molar-refractivity contribution in [3.05, 3.63) is 59.6 Å². The van der Waals surface area contributed by atoms with E-state index in [4.69, 9.17) is 14.2 Å². The van der Waals surface area contributed by atoms with Crippen molar-refractivity contribution < 1.29 is 19.0 Å². The summed E-state index contributed by atoms with van der Waals surface area (Å²) in [6.45, 7) is 0.598. The summed E-state index contributed by atoms with van der Waals surface area (Å²) in [6, 6.07) is 12.4. The van der Waals surface area contributed by atoms with E-state index in [0.717, 1.165) is 5.56 Å². The SMILES string of the molecule is O=C(NCc1ccc(Oc2nccs2)cc1)Nc1ccc2c(c1)OCO2. The first-order valence-corrected chi connectivity index (χ1v) is 8.75. The number of carbonyl (C=O) groups excluding carboxylic acids is 1. The molecule has 0 saturated heterocycles. The first kappa shape index (κ1) is 16.2. The van der Waals surface area contributed by atoms with Crippen LogP contribution < -0.4 is 24.8 Å². The number of carbonyl (C=O) groups is 1. The lowest BCUT2D eigenvalue weighted by Crippen LogP contribution is -2.28. The van der Waals surface area contributed by atoms with E-state index < -0.39 is 0 Å². The number of hydrogen-bond acceptors (Lipinski definition) is 6. The summed E-state index contributed by atoms with van der Waals surface area (Å²) in [5.41, 5.74) is 1.59. The highest BCUT2D eigenvalue weighted by Crippen LogP contribution is 2.34. The predicted molar refractivity (Wildman–Crippen MR) is 97.1 cm³/mol. The Balaban J connectivity index is 1.28. The third-order valence-electron chi connectivity index (χ3n) is 3.62. The molecular formula is C18H15N3O4S. The Morgan fingerprint density at radius 2 is 2.00 bits per heavy atom. The van der Waals surface area contributed by atoms with E-state index in [2.05, 4.69) is 15.6 Å². The van der Waals surface area contributed by atoms with Gasteiger partial charge in [-0.2, -0.15) is 0 Å². The number of urea groups is 1. The van der Waals surface area contributed by atoms with Crippen LogP contribution in [0.5, 0.6) is 22.4 Å². The number of thiazole rings is 1. The number of fused-ring (bicyclic) bond motifs is 1. The molecule has 0 bridgehead atoms. The van der Waals surface area contributed by atoms with Crippen molar-refractivity contribution in [2.24, 2.45) is 0 Å². The van der Waals surface area contributed by atoms with Crippen molar-refractivity contribution in [2.45, 2.75) is 6.54 Å². The van der Waals surface area contributed by atoms with Gasteiger partial charge in [-0.15, -0.1) is 0 Å². The van der Waals surface area contributed by atoms with Crippen molar-refractivity contribution >= 4 is 23.1 Å². The molecule has 0 aliphatic carbocycles. The zero-order valence-corrected chi connectivity index (χ0v) is 14.4. The smallest absolute Gasteiger partial charge is 0.319 e. The Labute approximate surface area is 153 Å². The Hall–Kier alpha value is -3.26. The van der Waals surface area contributed by atoms with E-state index >= 15 is 0 Å². The highest BCUT2D eigenvalue weighted by molar-refractivity contribution is 7.11. The molecule has 2 aromatic carbocycles. The van der Waals surface area contributed by atoms with Gasteiger partial charge in [0.15, 0.2) is 11.5 Å². The van der Waals surface area contributed by atoms with Gasteiger partial charge < -0.3 is 24.8 Å². The van der Waals surface area contributed by atoms with E-state index in [0.29, 0.717) is 34.7 Å². The number of anilines is 1. The van der Waals surface area contributed by atoms with Gasteiger partial charge in [0.1, 0.15) is 5.75 Å². The topological polar surface area (TPSA) is 81.7 Å². The maximum atomic E-state index is 12.0. The van der Waals surface area contributed by atoms with Crippen LogP contribution in [-0.4, -0.2) is 17.8 Å². The summed E-state index contributed by atoms with van der Waals surface area (Å²) < 4.78 is 16.1. The highest BCUT2D eigenvalue weighted by atomic mass is 32.1. The first-order valence-electron chi connectivity index (χ1n) is 7.87. The van der Waals surface area contributed by atoms with E-state index in [1.54, 1.807) is 24.4 Å². The lowest BCUT2D eigenvalue weighted by Gasteiger charge is -2.09. The fourth-order valence-electron chi connectivity index (χ4n) is 2.37. The number of rotatable bonds is 5. The summed E-state index contributed by atoms with van der Waals surface area (Å²) in [6.07, 6.45) is 1.69. The van der Waals surface area contributed by atoms with Crippen LogP contribution in [0.2, 0.25) is 0 Å². The number of benzene rings is 2. The number of nitrogens with zero attached hydrogens (tertiary/aromatic N) is 1. The average molecular weight is 369 g/mol. The summed E-state index contributed by atoms with van der Waals surface area (Å²) in [5.74, 6) is 2.00. The minimum atomic E-state index is -0.299. The molecule has 1 aliphatic heterocycles. The normalized spacial score (nSPS) is 11.8. The fourth-order valence-corrected chi connectivity index (χ4v) is 2.87. The molecule has 4 rings (SSSR count). The summed E-state index contributed by atoms with van der Waals surface area (Å²) in [7, 11) is 0. The molecule has 0 spiro atoms. The number of aromatic nitrogens is 1. The van der Waals surface area contributed by atoms with Gasteiger partial charge in [0, 0.05) is 29.9 Å². The number of amides is 2. The Morgan fingerprint density at radius 1 is 1.15 bits per heavy atom. The van der Waals surface area contributed by atoms with Gasteiger partial charge in [-0.1, -0.05) is 23.5 Å². The second-order valence-corrected chi connectivity index (χ2v) is 6.28. The van der Waals surface area contributed by atoms with Gasteiger partial charge in [0.2, 0.25) is 6.79 Å². The Bertz CT molecular complexity index is 897. The maximum Gasteiger partial charge on any atom is 0.319 e. The van der Waals surface area contributed by atoms with Crippen LogP contribution in [0.1, 0.15) is 5.56 Å². The highest BCUT2D eigenvalue weighted by Gasteiger charge is 2.14. The summed E-state index contributed by atoms with van der Waals surface area (Å²) in [5, 5.41) is 8.02. The van der Waals surface area contributed by atoms with Gasteiger partial charge in [0.05, 0.1) is 0 Å². The van der Waals surface area contributed by atoms with Gasteiger partial charge in [0.25, 0.3) is 5.19 Å². The molecule has 2 amide bonds. The van der Waals surface area contributed by atoms with Crippen LogP contribution in [0.25, 0.3) is 0 Å². The summed E-state index contributed by atoms with van der Waals surface area (Å²) in [4.78, 5) is 16.1. The molecule has 0 atom stereocenters. The molecule has 1 aliphatic rings. The lowest BCUT2D eigenvalue weighted by atomic mass is 10.2. The molecule has 0 fully saturated rings. The summed E-state index contributed by atoms with van der Waals surface area (Å²) >= 11 is 1.43. The van der Waals surface area contributed by atoms with Crippen LogP contribution in [0.3, 0.4) is 0 Å². The van der Waals surface area contributed by atoms with E-state index in [-0.39, 0.29) is 12.8 Å². The molecule has 7 nitrogen and oxygen atoms in total. The molecule has 3 aromatic rings. The third kappa shape index (κ3) is 3.86. The lowest BCUT2D eigenvalue weighted by molar-refractivity contribution is 0.174. The molecule has 132 valence electrons. The average Bonchev–Trinajstić information content (AvgIpc) is 3.32. The zero-order valence-electron chi connectivity index (χ0n) is 13.6. The number of nitrogens with one attached hydrogen (secondary N) is 2. The number of ether oxygens (including phenoxy) is 3. The second kappa shape index (κ2) is 7.32. The van der Waals surface area contributed by atoms with Crippen molar-refractivity contribution in [1.82, 2.24) is 10.3 Å². The molecule has 8 heteroatoms. The molecular weight excluding hydrogens is 354 g/mol. The monoisotopic (exact) mass is 369 g/mol. The van der Waals surface area contributed by atoms with Crippen LogP contribution in [0.4, 0.5) is 10.5 Å². The fraction of sp³-hybridized carbons (Fsp3) is 0.111. The van der Waals surface area contributed by atoms with Gasteiger partial charge in [-0.3, -0.25) is 0 Å². The molecule has 26 heavy (non-hydrogen) atoms. The van der Waals surface area contributed by atoms with Gasteiger partial charge >= 0.3 is 6.03 Å². The number of hydrogen-bond donors (Lipinski definition) is 2. The van der Waals surface area contributed by atoms with Crippen LogP contribution in [-0.2, 0) is 6.54 Å². The minimum Gasteiger partial charge on any atom is -0.454 e. The van der Waals surface area contributed by atoms with Crippen LogP contribution in [0, 0.1) is 0 Å². The predicted octanol–water partition coefficient (Wildman–Crippen LogP) is 3.99. The van der Waals surface area contributed by atoms with Crippen molar-refractivity contribution in [3.8, 4) is 22.4 Å². The molecule has 2 N–H and O–H groups in total. The minimum absolute atomic E-state index is 0.202. The molecule has 2 heterocycles. The van der Waals surface area contributed by atoms with Crippen LogP contribution in [0.15, 0.2) is 54.0 Å². The van der Waals surface area contributed by atoms with E-state index in [1.165, 1.54) is 11.3 Å². The van der Waals surface area contributed by atoms with Crippen molar-refractivity contribution in [1.29, 1.82) is 0 Å². The van der Waals surface area contributed by atoms with E-state index in [9.17, 15) is 4.79 Å². The second-order valence-electron chi connectivity index (χ2n) is 5.42. The van der Waals surface area contributed by atoms with Crippen LogP contribution >= 0.6 is 11.3 Å². The Kier molecular flexibility index (Phi) is 4.57. The molecule has 0 unspecified atom stereocenters. The van der Waals surface area contributed by atoms with Crippen molar-refractivity contribution in [2.75, 3.05) is 12.1 Å². The standard InChI is InChI=1S/C18H15N3O4S/c22-17(21-13-3-6-15-16(9-13)24-11-23-15)20-10-12-1-4-14(5-2-12)25-18-19-7-8-26-18/h1-9H,10-11H2,(H2,20,21,22). The molecule has 0 radical (unpaired) electrons. The maximum absolute atomic E-state index is 12.0. The first-order chi connectivity index (χ1) is 12.8. The zero-order chi connectivity index (χ0) is 17.8.